The van der Waals surface area contributed by atoms with Gasteiger partial charge in [-0.05, 0) is 38.1 Å². The van der Waals surface area contributed by atoms with Crippen molar-refractivity contribution in [3.8, 4) is 0 Å². The van der Waals surface area contributed by atoms with Crippen LogP contribution in [0, 0.1) is 5.92 Å². The van der Waals surface area contributed by atoms with Gasteiger partial charge in [0.2, 0.25) is 8.32 Å². The maximum Gasteiger partial charge on any atom is 0.336 e. The summed E-state index contributed by atoms with van der Waals surface area (Å²) in [5.74, 6) is 0.382. The maximum atomic E-state index is 12.2. The topological polar surface area (TPSA) is 44.8 Å². The Bertz CT molecular complexity index is 474. The van der Waals surface area contributed by atoms with Crippen molar-refractivity contribution in [2.45, 2.75) is 71.9 Å². The highest BCUT2D eigenvalue weighted by Gasteiger charge is 2.43. The lowest BCUT2D eigenvalue weighted by Gasteiger charge is -2.41. The molecule has 0 fully saturated rings. The van der Waals surface area contributed by atoms with Crippen LogP contribution in [0.1, 0.15) is 41.5 Å². The summed E-state index contributed by atoms with van der Waals surface area (Å²) in [4.78, 5) is 12.2. The van der Waals surface area contributed by atoms with Crippen LogP contribution in [-0.2, 0) is 18.7 Å². The number of rotatable bonds is 5. The number of hydrogen-bond donors (Lipinski definition) is 0. The van der Waals surface area contributed by atoms with Gasteiger partial charge in [-0.1, -0.05) is 39.8 Å². The predicted octanol–water partition coefficient (Wildman–Crippen LogP) is 4.43. The van der Waals surface area contributed by atoms with Crippen LogP contribution in [0.2, 0.25) is 18.1 Å². The molecule has 0 aromatic rings. The minimum Gasteiger partial charge on any atom is -0.546 e. The van der Waals surface area contributed by atoms with E-state index in [1.807, 2.05) is 32.1 Å². The van der Waals surface area contributed by atoms with E-state index in [1.54, 1.807) is 6.92 Å². The monoisotopic (exact) mass is 340 g/mol. The average Bonchev–Trinajstić information content (AvgIpc) is 2.41. The number of carbonyl (C=O) groups is 1. The molecule has 0 spiro atoms. The zero-order valence-corrected chi connectivity index (χ0v) is 16.8. The van der Waals surface area contributed by atoms with Gasteiger partial charge >= 0.3 is 5.97 Å². The molecule has 3 atom stereocenters. The van der Waals surface area contributed by atoms with Crippen LogP contribution in [0.25, 0.3) is 0 Å². The fourth-order valence-electron chi connectivity index (χ4n) is 2.14. The second-order valence-electron chi connectivity index (χ2n) is 7.52. The minimum absolute atomic E-state index is 0.0986. The van der Waals surface area contributed by atoms with Crippen LogP contribution in [0.5, 0.6) is 0 Å². The molecule has 1 aliphatic heterocycles. The summed E-state index contributed by atoms with van der Waals surface area (Å²) >= 11 is 0. The first-order valence-electron chi connectivity index (χ1n) is 8.39. The SMILES string of the molecule is C/C=C/[C@@H]1C=C(O[Si](C)(C)C(C)(C)C)[C@H](C)[C@@H](C(=O)OCC)O1. The van der Waals surface area contributed by atoms with Gasteiger partial charge in [0.1, 0.15) is 0 Å². The van der Waals surface area contributed by atoms with Gasteiger partial charge in [0, 0.05) is 5.92 Å². The largest absolute Gasteiger partial charge is 0.546 e. The Morgan fingerprint density at radius 1 is 1.39 bits per heavy atom. The molecule has 1 heterocycles. The molecular weight excluding hydrogens is 308 g/mol. The fraction of sp³-hybridized carbons (Fsp3) is 0.722. The van der Waals surface area contributed by atoms with Gasteiger partial charge in [0.05, 0.1) is 18.5 Å². The van der Waals surface area contributed by atoms with Crippen LogP contribution >= 0.6 is 0 Å². The number of ether oxygens (including phenoxy) is 2. The average molecular weight is 341 g/mol. The second kappa shape index (κ2) is 7.66. The molecule has 0 aliphatic carbocycles. The Hall–Kier alpha value is -1.07. The van der Waals surface area contributed by atoms with Crippen LogP contribution in [0.4, 0.5) is 0 Å². The molecule has 0 radical (unpaired) electrons. The Morgan fingerprint density at radius 2 is 2.00 bits per heavy atom. The Labute approximate surface area is 142 Å². The Kier molecular flexibility index (Phi) is 6.66. The predicted molar refractivity (Wildman–Crippen MR) is 95.6 cm³/mol. The molecule has 0 saturated carbocycles. The molecule has 0 bridgehead atoms. The number of hydrogen-bond acceptors (Lipinski definition) is 4. The van der Waals surface area contributed by atoms with Gasteiger partial charge < -0.3 is 13.9 Å². The third-order valence-electron chi connectivity index (χ3n) is 4.62. The van der Waals surface area contributed by atoms with Crippen molar-refractivity contribution < 1.29 is 18.7 Å². The minimum atomic E-state index is -1.97. The number of allylic oxidation sites excluding steroid dienone is 1. The summed E-state index contributed by atoms with van der Waals surface area (Å²) in [7, 11) is -1.97. The summed E-state index contributed by atoms with van der Waals surface area (Å²) in [5, 5.41) is 0.0986. The lowest BCUT2D eigenvalue weighted by atomic mass is 9.97. The summed E-state index contributed by atoms with van der Waals surface area (Å²) in [6.45, 7) is 17.1. The van der Waals surface area contributed by atoms with Gasteiger partial charge in [-0.15, -0.1) is 0 Å². The van der Waals surface area contributed by atoms with Crippen molar-refractivity contribution in [2.75, 3.05) is 6.61 Å². The quantitative estimate of drug-likeness (QED) is 0.422. The summed E-state index contributed by atoms with van der Waals surface area (Å²) in [6.07, 6.45) is 4.95. The van der Waals surface area contributed by atoms with E-state index in [1.165, 1.54) is 0 Å². The standard InChI is InChI=1S/C18H32O4Si/c1-9-11-14-12-15(22-23(7,8)18(4,5)6)13(3)16(21-14)17(19)20-10-2/h9,11-14,16H,10H2,1-8H3/b11-9+/t13-,14+,16-/m0/s1. The number of esters is 1. The van der Waals surface area contributed by atoms with Crippen LogP contribution in [0.3, 0.4) is 0 Å². The van der Waals surface area contributed by atoms with Crippen molar-refractivity contribution in [2.24, 2.45) is 5.92 Å². The first kappa shape index (κ1) is 20.0. The summed E-state index contributed by atoms with van der Waals surface area (Å²) < 4.78 is 17.5. The molecule has 0 unspecified atom stereocenters. The van der Waals surface area contributed by atoms with Crippen molar-refractivity contribution in [1.82, 2.24) is 0 Å². The van der Waals surface area contributed by atoms with Crippen molar-refractivity contribution in [3.63, 3.8) is 0 Å². The molecule has 23 heavy (non-hydrogen) atoms. The third-order valence-corrected chi connectivity index (χ3v) is 8.97. The van der Waals surface area contributed by atoms with E-state index in [0.717, 1.165) is 5.76 Å². The first-order chi connectivity index (χ1) is 10.5. The van der Waals surface area contributed by atoms with Gasteiger partial charge in [0.25, 0.3) is 0 Å². The zero-order valence-electron chi connectivity index (χ0n) is 15.8. The maximum absolute atomic E-state index is 12.2. The van der Waals surface area contributed by atoms with Gasteiger partial charge in [-0.3, -0.25) is 0 Å². The zero-order chi connectivity index (χ0) is 17.8. The molecule has 4 nitrogen and oxygen atoms in total. The van der Waals surface area contributed by atoms with E-state index in [-0.39, 0.29) is 23.0 Å². The van der Waals surface area contributed by atoms with Gasteiger partial charge in [0.15, 0.2) is 6.10 Å². The molecule has 132 valence electrons. The van der Waals surface area contributed by atoms with E-state index >= 15 is 0 Å². The molecule has 0 N–H and O–H groups in total. The van der Waals surface area contributed by atoms with Crippen molar-refractivity contribution >= 4 is 14.3 Å². The van der Waals surface area contributed by atoms with Gasteiger partial charge in [-0.25, -0.2) is 4.79 Å². The van der Waals surface area contributed by atoms with E-state index < -0.39 is 14.4 Å². The van der Waals surface area contributed by atoms with Crippen molar-refractivity contribution in [1.29, 1.82) is 0 Å². The first-order valence-corrected chi connectivity index (χ1v) is 11.3. The lowest BCUT2D eigenvalue weighted by Crippen LogP contribution is -2.45. The van der Waals surface area contributed by atoms with Crippen molar-refractivity contribution in [3.05, 3.63) is 24.0 Å². The highest BCUT2D eigenvalue weighted by molar-refractivity contribution is 6.74. The highest BCUT2D eigenvalue weighted by atomic mass is 28.4. The molecule has 0 amide bonds. The smallest absolute Gasteiger partial charge is 0.336 e. The van der Waals surface area contributed by atoms with E-state index in [4.69, 9.17) is 13.9 Å². The van der Waals surface area contributed by atoms with E-state index in [2.05, 4.69) is 33.9 Å². The van der Waals surface area contributed by atoms with Gasteiger partial charge in [-0.2, -0.15) is 0 Å². The molecule has 0 aromatic heterocycles. The Morgan fingerprint density at radius 3 is 2.48 bits per heavy atom. The molecular formula is C18H32O4Si. The van der Waals surface area contributed by atoms with E-state index in [9.17, 15) is 4.79 Å². The molecule has 1 rings (SSSR count). The van der Waals surface area contributed by atoms with Crippen LogP contribution in [0.15, 0.2) is 24.0 Å². The fourth-order valence-corrected chi connectivity index (χ4v) is 3.29. The highest BCUT2D eigenvalue weighted by Crippen LogP contribution is 2.40. The summed E-state index contributed by atoms with van der Waals surface area (Å²) in [5.41, 5.74) is 0. The third kappa shape index (κ3) is 4.95. The van der Waals surface area contributed by atoms with Crippen LogP contribution < -0.4 is 0 Å². The molecule has 5 heteroatoms. The molecule has 1 aliphatic rings. The lowest BCUT2D eigenvalue weighted by molar-refractivity contribution is -0.162. The molecule has 0 aromatic carbocycles. The molecule has 0 saturated heterocycles. The summed E-state index contributed by atoms with van der Waals surface area (Å²) in [6, 6.07) is 0. The second-order valence-corrected chi connectivity index (χ2v) is 12.2. The van der Waals surface area contributed by atoms with E-state index in [0.29, 0.717) is 6.61 Å². The normalized spacial score (nSPS) is 26.1. The Balaban J connectivity index is 3.09. The number of carbonyl (C=O) groups excluding carboxylic acids is 1. The van der Waals surface area contributed by atoms with Crippen LogP contribution in [-0.4, -0.2) is 33.1 Å².